The fourth-order valence-corrected chi connectivity index (χ4v) is 2.55. The molecule has 1 fully saturated rings. The van der Waals surface area contributed by atoms with Crippen molar-refractivity contribution in [3.8, 4) is 6.07 Å². The summed E-state index contributed by atoms with van der Waals surface area (Å²) in [6, 6.07) is 8.91. The molecule has 0 N–H and O–H groups in total. The Morgan fingerprint density at radius 1 is 1.41 bits per heavy atom. The first kappa shape index (κ1) is 12.1. The number of hydrogen-bond acceptors (Lipinski definition) is 2. The summed E-state index contributed by atoms with van der Waals surface area (Å²) in [7, 11) is 0. The summed E-state index contributed by atoms with van der Waals surface area (Å²) in [6.07, 6.45) is 4.00. The van der Waals surface area contributed by atoms with Gasteiger partial charge in [0.2, 0.25) is 0 Å². The van der Waals surface area contributed by atoms with Crippen LogP contribution >= 0.6 is 0 Å². The molecular weight excluding hydrogens is 208 g/mol. The van der Waals surface area contributed by atoms with Crippen molar-refractivity contribution in [1.82, 2.24) is 4.90 Å². The van der Waals surface area contributed by atoms with E-state index in [9.17, 15) is 0 Å². The Hall–Kier alpha value is -1.33. The quantitative estimate of drug-likeness (QED) is 0.777. The fraction of sp³-hybridized carbons (Fsp3) is 0.533. The van der Waals surface area contributed by atoms with E-state index in [0.29, 0.717) is 6.04 Å². The Balaban J connectivity index is 2.10. The van der Waals surface area contributed by atoms with Crippen LogP contribution in [0.25, 0.3) is 0 Å². The highest BCUT2D eigenvalue weighted by Gasteiger charge is 2.18. The second-order valence-electron chi connectivity index (χ2n) is 5.07. The van der Waals surface area contributed by atoms with Gasteiger partial charge in [-0.2, -0.15) is 5.26 Å². The summed E-state index contributed by atoms with van der Waals surface area (Å²) in [5.41, 5.74) is 3.36. The van der Waals surface area contributed by atoms with Crippen LogP contribution in [0, 0.1) is 18.3 Å². The maximum Gasteiger partial charge on any atom is 0.0991 e. The highest BCUT2D eigenvalue weighted by molar-refractivity contribution is 5.37. The summed E-state index contributed by atoms with van der Waals surface area (Å²) >= 11 is 0. The normalized spacial score (nSPS) is 21.1. The van der Waals surface area contributed by atoms with Crippen molar-refractivity contribution in [2.24, 2.45) is 0 Å². The molecule has 1 saturated heterocycles. The number of likely N-dealkylation sites (tertiary alicyclic amines) is 1. The number of aryl methyl sites for hydroxylation is 1. The smallest absolute Gasteiger partial charge is 0.0991 e. The molecule has 1 unspecified atom stereocenters. The average Bonchev–Trinajstić information content (AvgIpc) is 2.34. The van der Waals surface area contributed by atoms with E-state index in [4.69, 9.17) is 5.26 Å². The minimum Gasteiger partial charge on any atom is -0.296 e. The van der Waals surface area contributed by atoms with Crippen molar-refractivity contribution >= 4 is 0 Å². The van der Waals surface area contributed by atoms with Crippen molar-refractivity contribution in [3.05, 3.63) is 34.9 Å². The van der Waals surface area contributed by atoms with Gasteiger partial charge >= 0.3 is 0 Å². The van der Waals surface area contributed by atoms with Gasteiger partial charge in [-0.15, -0.1) is 0 Å². The van der Waals surface area contributed by atoms with Gasteiger partial charge in [0.25, 0.3) is 0 Å². The number of piperidine rings is 1. The Bertz CT molecular complexity index is 431. The molecule has 17 heavy (non-hydrogen) atoms. The molecule has 1 atom stereocenters. The first-order valence-electron chi connectivity index (χ1n) is 6.44. The molecule has 0 spiro atoms. The van der Waals surface area contributed by atoms with Crippen LogP contribution in [0.3, 0.4) is 0 Å². The van der Waals surface area contributed by atoms with Crippen LogP contribution < -0.4 is 0 Å². The lowest BCUT2D eigenvalue weighted by Crippen LogP contribution is -2.36. The number of nitriles is 1. The van der Waals surface area contributed by atoms with Gasteiger partial charge in [-0.05, 0) is 56.5 Å². The van der Waals surface area contributed by atoms with E-state index in [1.807, 2.05) is 12.1 Å². The molecule has 90 valence electrons. The molecule has 2 rings (SSSR count). The van der Waals surface area contributed by atoms with Crippen molar-refractivity contribution in [2.75, 3.05) is 6.54 Å². The van der Waals surface area contributed by atoms with E-state index in [1.54, 1.807) is 0 Å². The van der Waals surface area contributed by atoms with Crippen LogP contribution in [-0.2, 0) is 6.54 Å². The number of benzene rings is 1. The molecule has 0 aliphatic carbocycles. The number of nitrogens with zero attached hydrogens (tertiary/aromatic N) is 2. The Kier molecular flexibility index (Phi) is 3.81. The zero-order valence-corrected chi connectivity index (χ0v) is 10.7. The van der Waals surface area contributed by atoms with Crippen LogP contribution in [0.1, 0.15) is 42.9 Å². The molecule has 0 radical (unpaired) electrons. The highest BCUT2D eigenvalue weighted by Crippen LogP contribution is 2.21. The maximum atomic E-state index is 8.86. The Labute approximate surface area is 104 Å². The maximum absolute atomic E-state index is 8.86. The second kappa shape index (κ2) is 5.33. The summed E-state index contributed by atoms with van der Waals surface area (Å²) < 4.78 is 0. The van der Waals surface area contributed by atoms with Crippen molar-refractivity contribution in [1.29, 1.82) is 5.26 Å². The van der Waals surface area contributed by atoms with E-state index in [2.05, 4.69) is 30.9 Å². The molecule has 1 heterocycles. The molecule has 1 aliphatic rings. The SMILES string of the molecule is Cc1cc(C#N)ccc1CN1CCCCC1C. The molecule has 0 bridgehead atoms. The van der Waals surface area contributed by atoms with Gasteiger partial charge in [0, 0.05) is 12.6 Å². The van der Waals surface area contributed by atoms with Gasteiger partial charge in [-0.1, -0.05) is 12.5 Å². The van der Waals surface area contributed by atoms with Crippen molar-refractivity contribution in [2.45, 2.75) is 45.7 Å². The molecule has 1 aliphatic heterocycles. The molecule has 0 aromatic heterocycles. The first-order valence-corrected chi connectivity index (χ1v) is 6.44. The lowest BCUT2D eigenvalue weighted by Gasteiger charge is -2.33. The van der Waals surface area contributed by atoms with E-state index >= 15 is 0 Å². The first-order chi connectivity index (χ1) is 8.20. The average molecular weight is 228 g/mol. The third-order valence-corrected chi connectivity index (χ3v) is 3.79. The fourth-order valence-electron chi connectivity index (χ4n) is 2.55. The Morgan fingerprint density at radius 3 is 2.88 bits per heavy atom. The Morgan fingerprint density at radius 2 is 2.24 bits per heavy atom. The molecule has 1 aromatic rings. The molecule has 1 aromatic carbocycles. The van der Waals surface area contributed by atoms with Gasteiger partial charge in [-0.25, -0.2) is 0 Å². The lowest BCUT2D eigenvalue weighted by atomic mass is 10.0. The monoisotopic (exact) mass is 228 g/mol. The predicted octanol–water partition coefficient (Wildman–Crippen LogP) is 3.24. The zero-order valence-electron chi connectivity index (χ0n) is 10.7. The minimum absolute atomic E-state index is 0.693. The van der Waals surface area contributed by atoms with E-state index in [-0.39, 0.29) is 0 Å². The van der Waals surface area contributed by atoms with Gasteiger partial charge in [0.15, 0.2) is 0 Å². The molecule has 2 heteroatoms. The summed E-state index contributed by atoms with van der Waals surface area (Å²) in [5, 5.41) is 8.86. The van der Waals surface area contributed by atoms with Gasteiger partial charge in [-0.3, -0.25) is 4.90 Å². The summed E-state index contributed by atoms with van der Waals surface area (Å²) in [5.74, 6) is 0. The second-order valence-corrected chi connectivity index (χ2v) is 5.07. The van der Waals surface area contributed by atoms with Gasteiger partial charge in [0.05, 0.1) is 11.6 Å². The van der Waals surface area contributed by atoms with Crippen molar-refractivity contribution < 1.29 is 0 Å². The zero-order chi connectivity index (χ0) is 12.3. The summed E-state index contributed by atoms with van der Waals surface area (Å²) in [4.78, 5) is 2.55. The third-order valence-electron chi connectivity index (χ3n) is 3.79. The van der Waals surface area contributed by atoms with E-state index in [1.165, 1.54) is 36.9 Å². The number of rotatable bonds is 2. The van der Waals surface area contributed by atoms with Crippen LogP contribution in [0.4, 0.5) is 0 Å². The van der Waals surface area contributed by atoms with Crippen LogP contribution in [0.5, 0.6) is 0 Å². The third kappa shape index (κ3) is 2.87. The minimum atomic E-state index is 0.693. The predicted molar refractivity (Wildman–Crippen MR) is 69.6 cm³/mol. The van der Waals surface area contributed by atoms with Crippen LogP contribution in [-0.4, -0.2) is 17.5 Å². The van der Waals surface area contributed by atoms with Crippen LogP contribution in [0.15, 0.2) is 18.2 Å². The van der Waals surface area contributed by atoms with E-state index in [0.717, 1.165) is 12.1 Å². The van der Waals surface area contributed by atoms with Gasteiger partial charge in [0.1, 0.15) is 0 Å². The van der Waals surface area contributed by atoms with E-state index < -0.39 is 0 Å². The van der Waals surface area contributed by atoms with Gasteiger partial charge < -0.3 is 0 Å². The standard InChI is InChI=1S/C15H20N2/c1-12-9-14(10-16)6-7-15(12)11-17-8-4-3-5-13(17)2/h6-7,9,13H,3-5,8,11H2,1-2H3. The molecule has 2 nitrogen and oxygen atoms in total. The largest absolute Gasteiger partial charge is 0.296 e. The highest BCUT2D eigenvalue weighted by atomic mass is 15.2. The molecule has 0 amide bonds. The molecule has 0 saturated carbocycles. The summed E-state index contributed by atoms with van der Waals surface area (Å²) in [6.45, 7) is 6.66. The van der Waals surface area contributed by atoms with Crippen molar-refractivity contribution in [3.63, 3.8) is 0 Å². The van der Waals surface area contributed by atoms with Crippen LogP contribution in [0.2, 0.25) is 0 Å². The lowest BCUT2D eigenvalue weighted by molar-refractivity contribution is 0.152. The number of hydrogen-bond donors (Lipinski definition) is 0. The topological polar surface area (TPSA) is 27.0 Å². The molecular formula is C15H20N2.